The first kappa shape index (κ1) is 72.9. The molecular weight excluding hydrogens is 1510 g/mol. The minimum atomic E-state index is -0.186. The zero-order valence-corrected chi connectivity index (χ0v) is 67.3. The minimum absolute atomic E-state index is 0.0123. The van der Waals surface area contributed by atoms with Crippen molar-refractivity contribution in [1.82, 2.24) is 39.0 Å². The van der Waals surface area contributed by atoms with Gasteiger partial charge in [0.15, 0.2) is 34.9 Å². The summed E-state index contributed by atoms with van der Waals surface area (Å²) in [6.07, 6.45) is 8.83. The van der Waals surface area contributed by atoms with Crippen LogP contribution in [0, 0.1) is 0 Å². The van der Waals surface area contributed by atoms with Crippen molar-refractivity contribution < 1.29 is 9.47 Å². The lowest BCUT2D eigenvalue weighted by Gasteiger charge is -2.22. The van der Waals surface area contributed by atoms with Crippen molar-refractivity contribution in [3.05, 3.63) is 458 Å². The van der Waals surface area contributed by atoms with Gasteiger partial charge < -0.3 is 18.6 Å². The van der Waals surface area contributed by atoms with Crippen molar-refractivity contribution >= 4 is 34.0 Å². The highest BCUT2D eigenvalue weighted by Gasteiger charge is 2.43. The third kappa shape index (κ3) is 13.4. The molecule has 20 aromatic rings. The van der Waals surface area contributed by atoms with Gasteiger partial charge >= 0.3 is 0 Å². The molecule has 124 heavy (non-hydrogen) atoms. The van der Waals surface area contributed by atoms with Crippen molar-refractivity contribution in [2.75, 3.05) is 0 Å². The summed E-state index contributed by atoms with van der Waals surface area (Å²) in [5, 5.41) is 2.39. The molecule has 584 valence electrons. The number of nitrogens with zero attached hydrogens (tertiary/aromatic N) is 8. The summed E-state index contributed by atoms with van der Waals surface area (Å²) in [6, 6.07) is 144. The fourth-order valence-corrected chi connectivity index (χ4v) is 18.4. The van der Waals surface area contributed by atoms with Crippen molar-refractivity contribution in [2.45, 2.75) is 24.0 Å². The molecule has 4 aliphatic rings. The molecule has 0 bridgehead atoms. The van der Waals surface area contributed by atoms with E-state index in [9.17, 15) is 0 Å². The maximum absolute atomic E-state index is 6.96. The summed E-state index contributed by atoms with van der Waals surface area (Å²) in [5.41, 5.74) is 30.9. The Hall–Kier alpha value is -16.3. The lowest BCUT2D eigenvalue weighted by Crippen LogP contribution is -2.13. The molecule has 0 spiro atoms. The van der Waals surface area contributed by atoms with Crippen LogP contribution in [0.1, 0.15) is 57.7 Å². The molecule has 4 unspecified atom stereocenters. The third-order valence-corrected chi connectivity index (χ3v) is 24.5. The molecule has 2 aliphatic heterocycles. The van der Waals surface area contributed by atoms with Gasteiger partial charge in [0.1, 0.15) is 23.7 Å². The Morgan fingerprint density at radius 3 is 0.798 bits per heavy atom. The highest BCUT2D eigenvalue weighted by Crippen LogP contribution is 2.56. The molecule has 10 nitrogen and oxygen atoms in total. The summed E-state index contributed by atoms with van der Waals surface area (Å²) < 4.78 is 18.7. The Morgan fingerprint density at radius 1 is 0.202 bits per heavy atom. The summed E-state index contributed by atoms with van der Waals surface area (Å²) >= 11 is 0. The topological polar surface area (TPSA) is 106 Å². The molecule has 4 atom stereocenters. The van der Waals surface area contributed by atoms with Gasteiger partial charge in [-0.2, -0.15) is 0 Å². The number of benzene rings is 16. The maximum Gasteiger partial charge on any atom is 0.164 e. The van der Waals surface area contributed by atoms with Crippen molar-refractivity contribution in [3.63, 3.8) is 0 Å². The largest absolute Gasteiger partial charge is 0.484 e. The molecule has 0 amide bonds. The van der Waals surface area contributed by atoms with Crippen molar-refractivity contribution in [3.8, 4) is 158 Å². The van der Waals surface area contributed by atoms with E-state index < -0.39 is 0 Å². The molecule has 0 N–H and O–H groups in total. The average molecular weight is 1590 g/mol. The van der Waals surface area contributed by atoms with E-state index in [2.05, 4.69) is 422 Å². The predicted molar refractivity (Wildman–Crippen MR) is 502 cm³/mol. The van der Waals surface area contributed by atoms with Crippen LogP contribution >= 0.6 is 0 Å². The molecule has 0 fully saturated rings. The second-order valence-corrected chi connectivity index (χ2v) is 31.9. The van der Waals surface area contributed by atoms with Gasteiger partial charge in [-0.05, 0) is 164 Å². The first-order chi connectivity index (χ1) is 61.4. The molecule has 2 aliphatic carbocycles. The molecule has 24 rings (SSSR count). The van der Waals surface area contributed by atoms with Gasteiger partial charge in [-0.15, -0.1) is 0 Å². The Morgan fingerprint density at radius 2 is 0.452 bits per heavy atom. The Balaban J connectivity index is 0.000000143. The van der Waals surface area contributed by atoms with Crippen LogP contribution in [0.25, 0.3) is 180 Å². The average Bonchev–Trinajstić information content (AvgIpc) is 1.56. The van der Waals surface area contributed by atoms with Gasteiger partial charge in [0.2, 0.25) is 0 Å². The monoisotopic (exact) mass is 1590 g/mol. The van der Waals surface area contributed by atoms with E-state index >= 15 is 0 Å². The van der Waals surface area contributed by atoms with Crippen molar-refractivity contribution in [1.29, 1.82) is 0 Å². The first-order valence-corrected chi connectivity index (χ1v) is 42.2. The number of para-hydroxylation sites is 2. The van der Waals surface area contributed by atoms with Gasteiger partial charge in [-0.25, -0.2) is 29.9 Å². The van der Waals surface area contributed by atoms with Crippen LogP contribution in [0.15, 0.2) is 425 Å². The standard InChI is InChI=1S/2C57H38N4O/c1-4-15-37(16-5-1)40-21-12-24-43(33-40)55-58-56(44-25-13-22-41(34-44)38-17-6-2-7-18-38)60-57(59-55)45-29-32-52-49(36-45)47-30-31-51-53(54(47)62-52)48-27-10-11-28-50(48)61(51)46-26-14-23-42(35-46)39-19-8-3-9-20-39;1-4-13-37(14-5-1)40-23-27-42(28-24-40)55-58-56(43-29-25-41(26-30-43)38-15-6-2-7-16-38)60-57(59-55)45-31-34-52-49(36-45)47-32-33-51-53(54(47)62-52)48-21-10-11-22-50(48)61(51)46-20-12-19-44(35-46)39-17-8-3-9-18-39/h2*1-36,47,54H. The first-order valence-electron chi connectivity index (χ1n) is 42.2. The second-order valence-electron chi connectivity index (χ2n) is 31.9. The summed E-state index contributed by atoms with van der Waals surface area (Å²) in [4.78, 5) is 31.0. The minimum Gasteiger partial charge on any atom is -0.484 e. The maximum atomic E-state index is 6.96. The normalized spacial score (nSPS) is 14.8. The highest BCUT2D eigenvalue weighted by atomic mass is 16.5. The van der Waals surface area contributed by atoms with Gasteiger partial charge in [0.25, 0.3) is 0 Å². The molecular formula is C114H76N8O2. The number of aromatic nitrogens is 8. The van der Waals surface area contributed by atoms with Crippen LogP contribution in [0.4, 0.5) is 0 Å². The van der Waals surface area contributed by atoms with Crippen LogP contribution in [-0.2, 0) is 0 Å². The highest BCUT2D eigenvalue weighted by molar-refractivity contribution is 5.94. The number of ether oxygens (including phenoxy) is 2. The van der Waals surface area contributed by atoms with E-state index in [4.69, 9.17) is 39.4 Å². The fourth-order valence-electron chi connectivity index (χ4n) is 18.4. The van der Waals surface area contributed by atoms with Gasteiger partial charge in [0, 0.05) is 89.6 Å². The predicted octanol–water partition coefficient (Wildman–Crippen LogP) is 28.1. The third-order valence-electron chi connectivity index (χ3n) is 24.5. The number of hydrogen-bond donors (Lipinski definition) is 0. The number of rotatable bonds is 14. The van der Waals surface area contributed by atoms with E-state index in [0.717, 1.165) is 123 Å². The molecule has 10 heteroatoms. The zero-order chi connectivity index (χ0) is 82.0. The summed E-state index contributed by atoms with van der Waals surface area (Å²) in [6.45, 7) is 0. The lowest BCUT2D eigenvalue weighted by atomic mass is 9.85. The second kappa shape index (κ2) is 31.1. The smallest absolute Gasteiger partial charge is 0.164 e. The van der Waals surface area contributed by atoms with E-state index in [-0.39, 0.29) is 24.0 Å². The van der Waals surface area contributed by atoms with Gasteiger partial charge in [0.05, 0.1) is 22.4 Å². The Kier molecular flexibility index (Phi) is 18.3. The number of hydrogen-bond acceptors (Lipinski definition) is 8. The SMILES string of the molecule is C1=CC2c3cc(-c4nc(-c5ccc(-c6ccccc6)cc5)nc(-c5ccc(-c6ccccc6)cc5)n4)ccc3OC2c2c1n(-c1cccc(-c3ccccc3)c1)c1ccccc21.C1=CC2c3cc(-c4nc(-c5cccc(-c6ccccc6)c5)nc(-c5cccc(-c6ccccc6)c5)n4)ccc3OC2c2c1n(-c1cccc(-c3ccccc3)c1)c1ccccc21. The van der Waals surface area contributed by atoms with Gasteiger partial charge in [-0.1, -0.05) is 340 Å². The van der Waals surface area contributed by atoms with Crippen LogP contribution in [0.5, 0.6) is 11.5 Å². The van der Waals surface area contributed by atoms with Crippen LogP contribution < -0.4 is 9.47 Å². The molecule has 0 saturated carbocycles. The quantitative estimate of drug-likeness (QED) is 0.106. The van der Waals surface area contributed by atoms with E-state index in [0.29, 0.717) is 34.9 Å². The summed E-state index contributed by atoms with van der Waals surface area (Å²) in [5.74, 6) is 5.50. The Bertz CT molecular complexity index is 7340. The Labute approximate surface area is 718 Å². The van der Waals surface area contributed by atoms with Crippen LogP contribution in [0.2, 0.25) is 0 Å². The molecule has 0 radical (unpaired) electrons. The molecule has 6 heterocycles. The molecule has 16 aromatic carbocycles. The zero-order valence-electron chi connectivity index (χ0n) is 67.3. The molecule has 4 aromatic heterocycles. The number of fused-ring (bicyclic) bond motifs is 14. The van der Waals surface area contributed by atoms with Crippen molar-refractivity contribution in [2.24, 2.45) is 0 Å². The van der Waals surface area contributed by atoms with Crippen LogP contribution in [-0.4, -0.2) is 39.0 Å². The van der Waals surface area contributed by atoms with E-state index in [1.54, 1.807) is 0 Å². The summed E-state index contributed by atoms with van der Waals surface area (Å²) in [7, 11) is 0. The van der Waals surface area contributed by atoms with E-state index in [1.807, 2.05) is 24.3 Å². The van der Waals surface area contributed by atoms with E-state index in [1.165, 1.54) is 55.3 Å². The molecule has 0 saturated heterocycles. The lowest BCUT2D eigenvalue weighted by molar-refractivity contribution is 0.224. The van der Waals surface area contributed by atoms with Gasteiger partial charge in [-0.3, -0.25) is 0 Å². The fraction of sp³-hybridized carbons (Fsp3) is 0.0351. The van der Waals surface area contributed by atoms with Crippen LogP contribution in [0.3, 0.4) is 0 Å².